The van der Waals surface area contributed by atoms with Crippen LogP contribution in [0.4, 0.5) is 0 Å². The van der Waals surface area contributed by atoms with E-state index in [9.17, 15) is 0 Å². The molecule has 0 atom stereocenters. The summed E-state index contributed by atoms with van der Waals surface area (Å²) in [5, 5.41) is 10.3. The van der Waals surface area contributed by atoms with Gasteiger partial charge in [0.15, 0.2) is 0 Å². The summed E-state index contributed by atoms with van der Waals surface area (Å²) in [7, 11) is 0. The quantitative estimate of drug-likeness (QED) is 0.167. The Kier molecular flexibility index (Phi) is 8.30. The minimum absolute atomic E-state index is 0.106. The van der Waals surface area contributed by atoms with Crippen LogP contribution >= 0.6 is 11.3 Å². The molecule has 76 heavy (non-hydrogen) atoms. The summed E-state index contributed by atoms with van der Waals surface area (Å²) in [6.45, 7) is 9.54. The zero-order valence-electron chi connectivity index (χ0n) is 42.6. The van der Waals surface area contributed by atoms with Gasteiger partial charge in [0, 0.05) is 80.4 Å². The molecule has 2 aliphatic rings. The number of aromatic nitrogens is 3. The predicted molar refractivity (Wildman–Crippen MR) is 323 cm³/mol. The minimum atomic E-state index is -0.130. The van der Waals surface area contributed by atoms with Gasteiger partial charge in [-0.25, -0.2) is 0 Å². The first-order valence-corrected chi connectivity index (χ1v) is 27.5. The van der Waals surface area contributed by atoms with Crippen molar-refractivity contribution < 1.29 is 0 Å². The number of hydrogen-bond acceptors (Lipinski definition) is 1. The molecule has 0 N–H and O–H groups in total. The molecule has 0 bridgehead atoms. The molecule has 0 aliphatic heterocycles. The molecule has 2 aliphatic carbocycles. The number of rotatable bonds is 4. The highest BCUT2D eigenvalue weighted by atomic mass is 32.1. The van der Waals surface area contributed by atoms with E-state index < -0.39 is 0 Å². The van der Waals surface area contributed by atoms with Gasteiger partial charge in [-0.15, -0.1) is 11.3 Å². The van der Waals surface area contributed by atoms with Gasteiger partial charge in [-0.05, 0) is 153 Å². The summed E-state index contributed by atoms with van der Waals surface area (Å²) < 4.78 is 10.1. The van der Waals surface area contributed by atoms with Crippen LogP contribution in [0, 0.1) is 0 Å². The van der Waals surface area contributed by atoms with E-state index in [0.29, 0.717) is 0 Å². The first-order chi connectivity index (χ1) is 37.2. The molecule has 3 nitrogen and oxygen atoms in total. The molecule has 17 rings (SSSR count). The van der Waals surface area contributed by atoms with Crippen LogP contribution in [0.3, 0.4) is 0 Å². The van der Waals surface area contributed by atoms with Crippen molar-refractivity contribution in [3.63, 3.8) is 0 Å². The molecule has 0 fully saturated rings. The second-order valence-corrected chi connectivity index (χ2v) is 23.6. The van der Waals surface area contributed by atoms with E-state index in [1.807, 2.05) is 11.3 Å². The standard InChI is InChI=1S/C72H49N3S/c1-71(2)59-22-12-8-18-47(59)51-34-53-55-36-58-50-21-11-15-25-69(50)76-70(58)41-68(55)75(66(53)39-61(51)71)46-32-28-43(29-33-46)42-26-30-45(31-27-42)74-65-37-56-49-20-10-14-24-63(49)73(44-16-6-5-7-17-44)64(56)38-57(65)54-35-52-48-19-9-13-23-60(48)72(3,4)62(52)40-67(54)74/h5-41H,1-4H3. The van der Waals surface area contributed by atoms with Crippen LogP contribution in [0.2, 0.25) is 0 Å². The summed E-state index contributed by atoms with van der Waals surface area (Å²) in [5.74, 6) is 0. The Morgan fingerprint density at radius 2 is 0.684 bits per heavy atom. The highest BCUT2D eigenvalue weighted by Gasteiger charge is 2.38. The van der Waals surface area contributed by atoms with E-state index in [2.05, 4.69) is 266 Å². The highest BCUT2D eigenvalue weighted by Crippen LogP contribution is 2.54. The minimum Gasteiger partial charge on any atom is -0.309 e. The third-order valence-electron chi connectivity index (χ3n) is 17.8. The van der Waals surface area contributed by atoms with E-state index in [-0.39, 0.29) is 10.8 Å². The average Bonchev–Trinajstić information content (AvgIpc) is 4.27. The highest BCUT2D eigenvalue weighted by molar-refractivity contribution is 7.25. The third-order valence-corrected chi connectivity index (χ3v) is 19.0. The summed E-state index contributed by atoms with van der Waals surface area (Å²) in [6.07, 6.45) is 0. The molecule has 358 valence electrons. The fraction of sp³-hybridized carbons (Fsp3) is 0.0833. The zero-order chi connectivity index (χ0) is 50.3. The number of thiophene rings is 1. The maximum atomic E-state index is 2.53. The lowest BCUT2D eigenvalue weighted by atomic mass is 9.82. The van der Waals surface area contributed by atoms with E-state index >= 15 is 0 Å². The Morgan fingerprint density at radius 3 is 1.28 bits per heavy atom. The first kappa shape index (κ1) is 42.4. The molecule has 0 spiro atoms. The summed E-state index contributed by atoms with van der Waals surface area (Å²) in [5.41, 5.74) is 23.9. The van der Waals surface area contributed by atoms with Gasteiger partial charge >= 0.3 is 0 Å². The maximum Gasteiger partial charge on any atom is 0.0555 e. The van der Waals surface area contributed by atoms with Crippen LogP contribution < -0.4 is 0 Å². The second-order valence-electron chi connectivity index (χ2n) is 22.5. The summed E-state index contributed by atoms with van der Waals surface area (Å²) in [4.78, 5) is 0. The number of benzene rings is 11. The molecule has 0 amide bonds. The molecule has 4 heteroatoms. The van der Waals surface area contributed by atoms with Crippen molar-refractivity contribution >= 4 is 96.9 Å². The topological polar surface area (TPSA) is 14.8 Å². The van der Waals surface area contributed by atoms with Crippen molar-refractivity contribution in [3.8, 4) is 50.4 Å². The first-order valence-electron chi connectivity index (χ1n) is 26.7. The lowest BCUT2D eigenvalue weighted by Crippen LogP contribution is -2.15. The Morgan fingerprint density at radius 1 is 0.263 bits per heavy atom. The van der Waals surface area contributed by atoms with Crippen LogP contribution in [-0.4, -0.2) is 13.7 Å². The van der Waals surface area contributed by atoms with Gasteiger partial charge in [0.1, 0.15) is 0 Å². The van der Waals surface area contributed by atoms with Crippen LogP contribution in [0.5, 0.6) is 0 Å². The maximum absolute atomic E-state index is 2.53. The smallest absolute Gasteiger partial charge is 0.0555 e. The molecule has 0 saturated carbocycles. The van der Waals surface area contributed by atoms with Crippen molar-refractivity contribution in [1.29, 1.82) is 0 Å². The molecule has 4 heterocycles. The Labute approximate surface area is 443 Å². The number of hydrogen-bond donors (Lipinski definition) is 0. The van der Waals surface area contributed by atoms with Gasteiger partial charge in [-0.1, -0.05) is 155 Å². The number of nitrogens with zero attached hydrogens (tertiary/aromatic N) is 3. The Bertz CT molecular complexity index is 5020. The van der Waals surface area contributed by atoms with Gasteiger partial charge < -0.3 is 13.7 Å². The van der Waals surface area contributed by atoms with Crippen LogP contribution in [0.25, 0.3) is 136 Å². The second kappa shape index (κ2) is 14.9. The third kappa shape index (κ3) is 5.56. The summed E-state index contributed by atoms with van der Waals surface area (Å²) >= 11 is 1.89. The monoisotopic (exact) mass is 987 g/mol. The normalized spacial score (nSPS) is 14.3. The molecule has 4 aromatic heterocycles. The van der Waals surface area contributed by atoms with Gasteiger partial charge in [0.2, 0.25) is 0 Å². The van der Waals surface area contributed by atoms with Crippen molar-refractivity contribution in [2.75, 3.05) is 0 Å². The SMILES string of the molecule is CC1(C)c2ccccc2-c2cc3c4cc5c(cc4n(-c4ccc(-c6ccc(-n7c8cc9c(cc8c8cc%10c(cc87)c7ccccc7n%10-c7ccccc7)-c7ccccc7C9(C)C)cc6)cc4)c3cc21)sc1ccccc15. The van der Waals surface area contributed by atoms with Crippen molar-refractivity contribution in [2.24, 2.45) is 0 Å². The number of fused-ring (bicyclic) bond motifs is 18. The van der Waals surface area contributed by atoms with Crippen molar-refractivity contribution in [1.82, 2.24) is 13.7 Å². The Balaban J connectivity index is 0.828. The molecule has 0 unspecified atom stereocenters. The van der Waals surface area contributed by atoms with Crippen molar-refractivity contribution in [3.05, 3.63) is 247 Å². The van der Waals surface area contributed by atoms with E-state index in [1.54, 1.807) is 0 Å². The largest absolute Gasteiger partial charge is 0.309 e. The molecule has 11 aromatic carbocycles. The van der Waals surface area contributed by atoms with E-state index in [4.69, 9.17) is 0 Å². The van der Waals surface area contributed by atoms with E-state index in [0.717, 1.165) is 11.4 Å². The number of para-hydroxylation sites is 2. The lowest BCUT2D eigenvalue weighted by molar-refractivity contribution is 0.661. The molecule has 0 saturated heterocycles. The fourth-order valence-electron chi connectivity index (χ4n) is 14.1. The Hall–Kier alpha value is -8.96. The van der Waals surface area contributed by atoms with E-state index in [1.165, 1.54) is 147 Å². The van der Waals surface area contributed by atoms with Gasteiger partial charge in [0.05, 0.1) is 33.1 Å². The fourth-order valence-corrected chi connectivity index (χ4v) is 15.2. The van der Waals surface area contributed by atoms with Crippen LogP contribution in [0.1, 0.15) is 49.9 Å². The molecule has 15 aromatic rings. The molecule has 0 radical (unpaired) electrons. The average molecular weight is 988 g/mol. The van der Waals surface area contributed by atoms with Gasteiger partial charge in [-0.3, -0.25) is 0 Å². The zero-order valence-corrected chi connectivity index (χ0v) is 43.4. The molecular formula is C72H49N3S. The van der Waals surface area contributed by atoms with Crippen molar-refractivity contribution in [2.45, 2.75) is 38.5 Å². The predicted octanol–water partition coefficient (Wildman–Crippen LogP) is 19.6. The van der Waals surface area contributed by atoms with Gasteiger partial charge in [0.25, 0.3) is 0 Å². The lowest BCUT2D eigenvalue weighted by Gasteiger charge is -2.21. The van der Waals surface area contributed by atoms with Crippen LogP contribution in [0.15, 0.2) is 224 Å². The van der Waals surface area contributed by atoms with Gasteiger partial charge in [-0.2, -0.15) is 0 Å². The summed E-state index contributed by atoms with van der Waals surface area (Å²) in [6, 6.07) is 84.9. The van der Waals surface area contributed by atoms with Crippen LogP contribution in [-0.2, 0) is 10.8 Å². The molecular weight excluding hydrogens is 939 g/mol.